The van der Waals surface area contributed by atoms with Crippen molar-refractivity contribution in [3.8, 4) is 6.07 Å². The van der Waals surface area contributed by atoms with Gasteiger partial charge in [-0.1, -0.05) is 36.4 Å². The predicted molar refractivity (Wildman–Crippen MR) is 187 cm³/mol. The minimum atomic E-state index is -4.92. The molecule has 1 aromatic heterocycles. The van der Waals surface area contributed by atoms with Gasteiger partial charge in [0.15, 0.2) is 11.9 Å². The summed E-state index contributed by atoms with van der Waals surface area (Å²) in [5.41, 5.74) is -0.999. The SMILES string of the molecule is Cc1cccc(C(=O)O[C@@](Cn2cncn2)(c2ccc(F)cc2F)[C@@H](C)S[C@H]2CO[C@H](/C=C/C=C/c3ccc(C#N)cc3F)OC2)c1COP(=O)(O)O. The maximum Gasteiger partial charge on any atom is 0.469 e. The van der Waals surface area contributed by atoms with E-state index in [1.807, 2.05) is 6.07 Å². The number of carbonyl (C=O) groups is 1. The summed E-state index contributed by atoms with van der Waals surface area (Å²) in [6, 6.07) is 13.5. The second-order valence-corrected chi connectivity index (χ2v) is 14.8. The molecule has 1 aliphatic heterocycles. The summed E-state index contributed by atoms with van der Waals surface area (Å²) >= 11 is 1.27. The first-order valence-electron chi connectivity index (χ1n) is 16.0. The second-order valence-electron chi connectivity index (χ2n) is 11.9. The summed E-state index contributed by atoms with van der Waals surface area (Å²) < 4.78 is 79.9. The lowest BCUT2D eigenvalue weighted by atomic mass is 9.89. The highest BCUT2D eigenvalue weighted by Crippen LogP contribution is 2.43. The first-order valence-corrected chi connectivity index (χ1v) is 18.5. The molecule has 3 aromatic carbocycles. The van der Waals surface area contributed by atoms with Crippen molar-refractivity contribution in [1.29, 1.82) is 5.26 Å². The molecule has 0 amide bonds. The van der Waals surface area contributed by atoms with Crippen molar-refractivity contribution in [2.24, 2.45) is 0 Å². The van der Waals surface area contributed by atoms with Crippen LogP contribution < -0.4 is 0 Å². The van der Waals surface area contributed by atoms with Gasteiger partial charge in [0.05, 0.1) is 48.8 Å². The normalized spacial score (nSPS) is 18.2. The molecule has 0 saturated carbocycles. The lowest BCUT2D eigenvalue weighted by molar-refractivity contribution is -0.146. The zero-order chi connectivity index (χ0) is 38.2. The Hall–Kier alpha value is -4.59. The van der Waals surface area contributed by atoms with Crippen LogP contribution in [0.1, 0.15) is 45.1 Å². The highest BCUT2D eigenvalue weighted by atomic mass is 32.2. The number of hydrogen-bond acceptors (Lipinski definition) is 10. The third-order valence-corrected chi connectivity index (χ3v) is 10.2. The molecular formula is C36H34F3N4O8PS. The summed E-state index contributed by atoms with van der Waals surface area (Å²) in [5, 5.41) is 11.9. The average molecular weight is 771 g/mol. The average Bonchev–Trinajstić information content (AvgIpc) is 3.63. The van der Waals surface area contributed by atoms with E-state index < -0.39 is 55.0 Å². The fourth-order valence-corrected chi connectivity index (χ4v) is 7.24. The molecule has 0 spiro atoms. The molecule has 12 nitrogen and oxygen atoms in total. The maximum absolute atomic E-state index is 15.8. The fourth-order valence-electron chi connectivity index (χ4n) is 5.58. The lowest BCUT2D eigenvalue weighted by Gasteiger charge is -2.40. The number of aromatic nitrogens is 3. The Balaban J connectivity index is 1.39. The van der Waals surface area contributed by atoms with Crippen molar-refractivity contribution in [2.75, 3.05) is 13.2 Å². The molecule has 1 aliphatic rings. The van der Waals surface area contributed by atoms with E-state index >= 15 is 4.39 Å². The molecule has 0 aliphatic carbocycles. The maximum atomic E-state index is 15.8. The van der Waals surface area contributed by atoms with Crippen LogP contribution in [-0.2, 0) is 42.1 Å². The number of phosphoric acid groups is 1. The van der Waals surface area contributed by atoms with Gasteiger partial charge in [0.2, 0.25) is 0 Å². The van der Waals surface area contributed by atoms with E-state index in [9.17, 15) is 27.9 Å². The van der Waals surface area contributed by atoms with Crippen molar-refractivity contribution in [3.63, 3.8) is 0 Å². The molecular weight excluding hydrogens is 736 g/mol. The number of benzene rings is 3. The molecule has 2 heterocycles. The van der Waals surface area contributed by atoms with Crippen molar-refractivity contribution < 1.29 is 51.1 Å². The molecule has 278 valence electrons. The molecule has 4 aromatic rings. The number of esters is 1. The van der Waals surface area contributed by atoms with Gasteiger partial charge in [0, 0.05) is 22.4 Å². The summed E-state index contributed by atoms with van der Waals surface area (Å²) in [6.45, 7) is 2.76. The molecule has 2 N–H and O–H groups in total. The number of aryl methyl sites for hydroxylation is 1. The van der Waals surface area contributed by atoms with Crippen molar-refractivity contribution in [1.82, 2.24) is 14.8 Å². The number of phosphoric ester groups is 1. The fraction of sp³-hybridized carbons (Fsp3) is 0.278. The van der Waals surface area contributed by atoms with Gasteiger partial charge in [-0.3, -0.25) is 4.52 Å². The van der Waals surface area contributed by atoms with Crippen LogP contribution in [0.4, 0.5) is 13.2 Å². The number of nitrogens with zero attached hydrogens (tertiary/aromatic N) is 4. The number of allylic oxidation sites excluding steroid dienone is 2. The van der Waals surface area contributed by atoms with E-state index in [4.69, 9.17) is 24.0 Å². The van der Waals surface area contributed by atoms with Crippen LogP contribution in [0.5, 0.6) is 0 Å². The van der Waals surface area contributed by atoms with Gasteiger partial charge in [-0.05, 0) is 61.4 Å². The minimum Gasteiger partial charge on any atom is -0.447 e. The Kier molecular flexibility index (Phi) is 13.1. The number of halogens is 3. The van der Waals surface area contributed by atoms with Gasteiger partial charge < -0.3 is 24.0 Å². The highest BCUT2D eigenvalue weighted by Gasteiger charge is 2.47. The van der Waals surface area contributed by atoms with E-state index in [1.54, 1.807) is 44.2 Å². The first-order chi connectivity index (χ1) is 25.3. The van der Waals surface area contributed by atoms with Crippen LogP contribution in [0.3, 0.4) is 0 Å². The second kappa shape index (κ2) is 17.5. The molecule has 0 unspecified atom stereocenters. The molecule has 0 bridgehead atoms. The standard InChI is InChI=1S/C36H34F3N4O8PS/c1-23-6-5-8-29(30(23)19-50-52(45,46)47)35(44)51-36(20-43-22-41-21-42-43,31-13-12-27(37)15-33(31)39)24(2)53-28-17-48-34(49-18-28)9-4-3-7-26-11-10-25(16-40)14-32(26)38/h3-15,21-22,24,28,34H,17-20H2,1-2H3,(H2,45,46,47)/b7-3+,9-4+/t24-,28-,34-,36-/m1/s1. The van der Waals surface area contributed by atoms with Crippen LogP contribution in [0.25, 0.3) is 6.08 Å². The molecule has 17 heteroatoms. The van der Waals surface area contributed by atoms with Crippen molar-refractivity contribution in [3.05, 3.63) is 136 Å². The van der Waals surface area contributed by atoms with Crippen LogP contribution in [0, 0.1) is 35.7 Å². The van der Waals surface area contributed by atoms with Crippen molar-refractivity contribution in [2.45, 2.75) is 49.4 Å². The smallest absolute Gasteiger partial charge is 0.447 e. The number of hydrogen-bond donors (Lipinski definition) is 2. The van der Waals surface area contributed by atoms with Gasteiger partial charge in [0.25, 0.3) is 0 Å². The van der Waals surface area contributed by atoms with E-state index in [0.29, 0.717) is 17.2 Å². The predicted octanol–water partition coefficient (Wildman–Crippen LogP) is 6.37. The van der Waals surface area contributed by atoms with Gasteiger partial charge in [-0.25, -0.2) is 32.2 Å². The third kappa shape index (κ3) is 10.3. The molecule has 2 atom stereocenters. The highest BCUT2D eigenvalue weighted by molar-refractivity contribution is 8.00. The summed E-state index contributed by atoms with van der Waals surface area (Å²) in [7, 11) is -4.92. The largest absolute Gasteiger partial charge is 0.469 e. The quantitative estimate of drug-likeness (QED) is 0.0828. The van der Waals surface area contributed by atoms with E-state index in [-0.39, 0.29) is 47.3 Å². The Labute approximate surface area is 307 Å². The number of rotatable bonds is 14. The van der Waals surface area contributed by atoms with Crippen LogP contribution in [0.2, 0.25) is 0 Å². The topological polar surface area (TPSA) is 166 Å². The Morgan fingerprint density at radius 1 is 1.15 bits per heavy atom. The van der Waals surface area contributed by atoms with Crippen LogP contribution in [0.15, 0.2) is 85.5 Å². The number of nitriles is 1. The molecule has 5 rings (SSSR count). The zero-order valence-electron chi connectivity index (χ0n) is 28.3. The summed E-state index contributed by atoms with van der Waals surface area (Å²) in [4.78, 5) is 36.8. The Bertz CT molecular complexity index is 2070. The van der Waals surface area contributed by atoms with Crippen molar-refractivity contribution >= 4 is 31.6 Å². The van der Waals surface area contributed by atoms with Crippen LogP contribution in [-0.4, -0.2) is 60.5 Å². The number of carbonyl (C=O) groups excluding carboxylic acids is 1. The number of ether oxygens (including phenoxy) is 3. The molecule has 0 radical (unpaired) electrons. The van der Waals surface area contributed by atoms with E-state index in [0.717, 1.165) is 12.1 Å². The van der Waals surface area contributed by atoms with Gasteiger partial charge >= 0.3 is 13.8 Å². The third-order valence-electron chi connectivity index (χ3n) is 8.26. The molecule has 1 fully saturated rings. The van der Waals surface area contributed by atoms with Gasteiger partial charge in [-0.2, -0.15) is 10.4 Å². The summed E-state index contributed by atoms with van der Waals surface area (Å²) in [5.74, 6) is -3.35. The van der Waals surface area contributed by atoms with Crippen LogP contribution >= 0.6 is 19.6 Å². The summed E-state index contributed by atoms with van der Waals surface area (Å²) in [6.07, 6.45) is 8.25. The first kappa shape index (κ1) is 39.6. The van der Waals surface area contributed by atoms with Gasteiger partial charge in [-0.15, -0.1) is 11.8 Å². The monoisotopic (exact) mass is 770 g/mol. The van der Waals surface area contributed by atoms with Gasteiger partial charge in [0.1, 0.15) is 30.1 Å². The van der Waals surface area contributed by atoms with E-state index in [1.165, 1.54) is 59.4 Å². The number of thioether (sulfide) groups is 1. The Morgan fingerprint density at radius 2 is 1.92 bits per heavy atom. The minimum absolute atomic E-state index is 0.0870. The zero-order valence-corrected chi connectivity index (χ0v) is 30.1. The molecule has 53 heavy (non-hydrogen) atoms. The molecule has 1 saturated heterocycles. The lowest BCUT2D eigenvalue weighted by Crippen LogP contribution is -2.47. The Morgan fingerprint density at radius 3 is 2.58 bits per heavy atom. The van der Waals surface area contributed by atoms with E-state index in [2.05, 4.69) is 10.1 Å².